The van der Waals surface area contributed by atoms with Crippen LogP contribution in [0.25, 0.3) is 6.08 Å². The second-order valence-corrected chi connectivity index (χ2v) is 6.93. The predicted octanol–water partition coefficient (Wildman–Crippen LogP) is -0.843. The molecule has 1 aromatic carbocycles. The first-order valence-corrected chi connectivity index (χ1v) is 10.7. The molecule has 0 saturated carbocycles. The largest absolute Gasteiger partial charge is 0.394 e. The van der Waals surface area contributed by atoms with Gasteiger partial charge >= 0.3 is 0 Å². The van der Waals surface area contributed by atoms with Gasteiger partial charge in [-0.05, 0) is 23.8 Å². The normalized spacial score (nSPS) is 13.5. The molecule has 0 aromatic heterocycles. The Balaban J connectivity index is 2.03. The van der Waals surface area contributed by atoms with Crippen molar-refractivity contribution in [1.82, 2.24) is 10.6 Å². The number of nitrogens with zero attached hydrogens (tertiary/aromatic N) is 1. The van der Waals surface area contributed by atoms with Crippen molar-refractivity contribution < 1.29 is 34.0 Å². The van der Waals surface area contributed by atoms with Gasteiger partial charge in [-0.15, -0.1) is 0 Å². The van der Waals surface area contributed by atoms with E-state index in [1.165, 1.54) is 6.08 Å². The average molecular weight is 452 g/mol. The van der Waals surface area contributed by atoms with Gasteiger partial charge in [0, 0.05) is 31.9 Å². The molecule has 32 heavy (non-hydrogen) atoms. The standard InChI is InChI=1S/C22H33N3O7/c26-9-15-30-11-5-23-21(28)20(22(29)24-6-12-31-16-10-27)17-18-1-3-19(4-2-18)25-7-13-32-14-8-25/h1-4,17,26-27H,5-16H2,(H,23,28)(H,24,29). The Kier molecular flexibility index (Phi) is 12.3. The number of anilines is 1. The van der Waals surface area contributed by atoms with E-state index in [9.17, 15) is 9.59 Å². The number of aliphatic hydroxyl groups excluding tert-OH is 2. The van der Waals surface area contributed by atoms with Crippen molar-refractivity contribution in [2.75, 3.05) is 83.9 Å². The lowest BCUT2D eigenvalue weighted by atomic mass is 10.1. The summed E-state index contributed by atoms with van der Waals surface area (Å²) in [5, 5.41) is 22.8. The number of carbonyl (C=O) groups is 2. The molecular formula is C22H33N3O7. The quantitative estimate of drug-likeness (QED) is 0.125. The van der Waals surface area contributed by atoms with Gasteiger partial charge in [-0.1, -0.05) is 12.1 Å². The number of nitrogens with one attached hydrogen (secondary N) is 2. The average Bonchev–Trinajstić information content (AvgIpc) is 2.83. The van der Waals surface area contributed by atoms with E-state index in [1.54, 1.807) is 0 Å². The highest BCUT2D eigenvalue weighted by atomic mass is 16.5. The van der Waals surface area contributed by atoms with E-state index >= 15 is 0 Å². The molecule has 4 N–H and O–H groups in total. The van der Waals surface area contributed by atoms with Crippen molar-refractivity contribution in [3.8, 4) is 0 Å². The van der Waals surface area contributed by atoms with Gasteiger partial charge in [0.25, 0.3) is 11.8 Å². The number of hydrogen-bond donors (Lipinski definition) is 4. The zero-order valence-electron chi connectivity index (χ0n) is 18.3. The topological polar surface area (TPSA) is 130 Å². The number of benzene rings is 1. The summed E-state index contributed by atoms with van der Waals surface area (Å²) in [5.74, 6) is -1.05. The molecule has 1 aromatic rings. The molecule has 1 fully saturated rings. The zero-order valence-corrected chi connectivity index (χ0v) is 18.3. The third-order valence-corrected chi connectivity index (χ3v) is 4.60. The lowest BCUT2D eigenvalue weighted by Crippen LogP contribution is -2.37. The highest BCUT2D eigenvalue weighted by Gasteiger charge is 2.18. The van der Waals surface area contributed by atoms with Crippen LogP contribution in [0.3, 0.4) is 0 Å². The third kappa shape index (κ3) is 9.33. The van der Waals surface area contributed by atoms with Gasteiger partial charge in [-0.2, -0.15) is 0 Å². The van der Waals surface area contributed by atoms with Gasteiger partial charge in [0.2, 0.25) is 0 Å². The molecule has 0 bridgehead atoms. The highest BCUT2D eigenvalue weighted by Crippen LogP contribution is 2.18. The molecule has 0 atom stereocenters. The second-order valence-electron chi connectivity index (χ2n) is 6.93. The second kappa shape index (κ2) is 15.3. The monoisotopic (exact) mass is 451 g/mol. The number of rotatable bonds is 14. The van der Waals surface area contributed by atoms with Crippen LogP contribution < -0.4 is 15.5 Å². The van der Waals surface area contributed by atoms with Crippen molar-refractivity contribution in [1.29, 1.82) is 0 Å². The number of ether oxygens (including phenoxy) is 3. The molecular weight excluding hydrogens is 418 g/mol. The summed E-state index contributed by atoms with van der Waals surface area (Å²) < 4.78 is 15.6. The minimum atomic E-state index is -0.524. The number of morpholine rings is 1. The maximum absolute atomic E-state index is 12.6. The van der Waals surface area contributed by atoms with E-state index in [-0.39, 0.29) is 58.3 Å². The number of aliphatic hydroxyl groups is 2. The van der Waals surface area contributed by atoms with Gasteiger partial charge < -0.3 is 40.0 Å². The fourth-order valence-corrected chi connectivity index (χ4v) is 3.00. The van der Waals surface area contributed by atoms with Crippen LogP contribution in [0.4, 0.5) is 5.69 Å². The Morgan fingerprint density at radius 3 is 1.94 bits per heavy atom. The van der Waals surface area contributed by atoms with Gasteiger partial charge in [-0.3, -0.25) is 9.59 Å². The Morgan fingerprint density at radius 1 is 0.906 bits per heavy atom. The van der Waals surface area contributed by atoms with Gasteiger partial charge in [0.1, 0.15) is 5.57 Å². The highest BCUT2D eigenvalue weighted by molar-refractivity contribution is 6.21. The first-order valence-electron chi connectivity index (χ1n) is 10.7. The molecule has 10 heteroatoms. The van der Waals surface area contributed by atoms with Gasteiger partial charge in [0.15, 0.2) is 0 Å². The molecule has 2 rings (SSSR count). The molecule has 178 valence electrons. The minimum Gasteiger partial charge on any atom is -0.394 e. The summed E-state index contributed by atoms with van der Waals surface area (Å²) in [6, 6.07) is 7.63. The molecule has 0 radical (unpaired) electrons. The van der Waals surface area contributed by atoms with E-state index in [4.69, 9.17) is 24.4 Å². The maximum atomic E-state index is 12.6. The minimum absolute atomic E-state index is 0.0339. The number of amides is 2. The Hall–Kier alpha value is -2.50. The fourth-order valence-electron chi connectivity index (χ4n) is 3.00. The predicted molar refractivity (Wildman–Crippen MR) is 119 cm³/mol. The van der Waals surface area contributed by atoms with Gasteiger partial charge in [-0.25, -0.2) is 0 Å². The van der Waals surface area contributed by atoms with E-state index in [1.807, 2.05) is 24.3 Å². The first-order chi connectivity index (χ1) is 15.7. The summed E-state index contributed by atoms with van der Waals surface area (Å²) in [6.07, 6.45) is 1.54. The number of carbonyl (C=O) groups excluding carboxylic acids is 2. The molecule has 10 nitrogen and oxygen atoms in total. The first kappa shape index (κ1) is 25.8. The summed E-state index contributed by atoms with van der Waals surface area (Å²) in [6.45, 7) is 4.06. The van der Waals surface area contributed by atoms with Crippen molar-refractivity contribution in [3.05, 3.63) is 35.4 Å². The molecule has 1 aliphatic heterocycles. The van der Waals surface area contributed by atoms with Crippen LogP contribution in [-0.4, -0.2) is 101 Å². The Labute approximate surface area is 188 Å². The van der Waals surface area contributed by atoms with Crippen LogP contribution in [0.15, 0.2) is 29.8 Å². The summed E-state index contributed by atoms with van der Waals surface area (Å²) in [7, 11) is 0. The van der Waals surface area contributed by atoms with Crippen LogP contribution in [-0.2, 0) is 23.8 Å². The van der Waals surface area contributed by atoms with E-state index in [0.29, 0.717) is 13.2 Å². The van der Waals surface area contributed by atoms with E-state index in [0.717, 1.165) is 24.3 Å². The van der Waals surface area contributed by atoms with Crippen LogP contribution in [0.1, 0.15) is 5.56 Å². The molecule has 1 aliphatic rings. The summed E-state index contributed by atoms with van der Waals surface area (Å²) in [4.78, 5) is 27.5. The van der Waals surface area contributed by atoms with Crippen molar-refractivity contribution in [2.45, 2.75) is 0 Å². The van der Waals surface area contributed by atoms with Gasteiger partial charge in [0.05, 0.1) is 52.9 Å². The van der Waals surface area contributed by atoms with E-state index in [2.05, 4.69) is 15.5 Å². The summed E-state index contributed by atoms with van der Waals surface area (Å²) >= 11 is 0. The lowest BCUT2D eigenvalue weighted by Gasteiger charge is -2.28. The molecule has 0 unspecified atom stereocenters. The van der Waals surface area contributed by atoms with Crippen LogP contribution in [0.5, 0.6) is 0 Å². The zero-order chi connectivity index (χ0) is 23.0. The Bertz CT molecular complexity index is 691. The molecule has 0 spiro atoms. The van der Waals surface area contributed by atoms with Crippen LogP contribution in [0, 0.1) is 0 Å². The Morgan fingerprint density at radius 2 is 1.44 bits per heavy atom. The van der Waals surface area contributed by atoms with Crippen LogP contribution >= 0.6 is 0 Å². The molecule has 2 amide bonds. The molecule has 0 aliphatic carbocycles. The van der Waals surface area contributed by atoms with Crippen LogP contribution in [0.2, 0.25) is 0 Å². The summed E-state index contributed by atoms with van der Waals surface area (Å²) in [5.41, 5.74) is 1.74. The van der Waals surface area contributed by atoms with E-state index < -0.39 is 11.8 Å². The maximum Gasteiger partial charge on any atom is 0.256 e. The van der Waals surface area contributed by atoms with Crippen molar-refractivity contribution in [2.24, 2.45) is 0 Å². The number of hydrogen-bond acceptors (Lipinski definition) is 8. The molecule has 1 saturated heterocycles. The third-order valence-electron chi connectivity index (χ3n) is 4.60. The van der Waals surface area contributed by atoms with Crippen molar-refractivity contribution in [3.63, 3.8) is 0 Å². The smallest absolute Gasteiger partial charge is 0.256 e. The lowest BCUT2D eigenvalue weighted by molar-refractivity contribution is -0.123. The fraction of sp³-hybridized carbons (Fsp3) is 0.545. The van der Waals surface area contributed by atoms with Crippen molar-refractivity contribution >= 4 is 23.6 Å². The molecule has 1 heterocycles. The SMILES string of the molecule is O=C(NCCOCCO)C(=Cc1ccc(N2CCOCC2)cc1)C(=O)NCCOCCO.